The number of pyridine rings is 1. The van der Waals surface area contributed by atoms with Gasteiger partial charge in [-0.1, -0.05) is 11.6 Å². The van der Waals surface area contributed by atoms with E-state index in [1.165, 1.54) is 31.4 Å². The van der Waals surface area contributed by atoms with Crippen LogP contribution in [0.5, 0.6) is 5.75 Å². The highest BCUT2D eigenvalue weighted by atomic mass is 35.5. The van der Waals surface area contributed by atoms with Crippen LogP contribution in [0.4, 0.5) is 13.2 Å². The minimum absolute atomic E-state index is 0.0410. The Hall–Kier alpha value is -2.70. The fourth-order valence-corrected chi connectivity index (χ4v) is 2.92. The molecule has 28 heavy (non-hydrogen) atoms. The third-order valence-corrected chi connectivity index (χ3v) is 4.66. The smallest absolute Gasteiger partial charge is 0.453 e. The Morgan fingerprint density at radius 3 is 2.46 bits per heavy atom. The molecule has 1 aromatic carbocycles. The summed E-state index contributed by atoms with van der Waals surface area (Å²) in [6.07, 6.45) is -3.78. The van der Waals surface area contributed by atoms with Gasteiger partial charge in [-0.15, -0.1) is 5.10 Å². The van der Waals surface area contributed by atoms with E-state index in [-0.39, 0.29) is 27.8 Å². The van der Waals surface area contributed by atoms with Crippen LogP contribution in [-0.2, 0) is 16.2 Å². The van der Waals surface area contributed by atoms with Gasteiger partial charge in [-0.05, 0) is 30.3 Å². The van der Waals surface area contributed by atoms with Crippen molar-refractivity contribution in [2.45, 2.75) is 11.2 Å². The van der Waals surface area contributed by atoms with Gasteiger partial charge in [0.05, 0.1) is 24.0 Å². The molecule has 2 heterocycles. The van der Waals surface area contributed by atoms with Crippen molar-refractivity contribution in [1.29, 1.82) is 0 Å². The second-order valence-electron chi connectivity index (χ2n) is 5.42. The topological polar surface area (TPSA) is 113 Å². The van der Waals surface area contributed by atoms with E-state index < -0.39 is 27.0 Å². The molecular weight excluding hydrogens is 423 g/mol. The first-order valence-electron chi connectivity index (χ1n) is 7.38. The number of rotatable bonds is 4. The highest BCUT2D eigenvalue weighted by molar-refractivity contribution is 7.89. The van der Waals surface area contributed by atoms with Crippen LogP contribution in [0.25, 0.3) is 17.1 Å². The lowest BCUT2D eigenvalue weighted by molar-refractivity contribution is -0.144. The summed E-state index contributed by atoms with van der Waals surface area (Å²) in [6.45, 7) is 0. The molecule has 0 atom stereocenters. The van der Waals surface area contributed by atoms with Crippen LogP contribution in [0.3, 0.4) is 0 Å². The van der Waals surface area contributed by atoms with E-state index in [1.807, 2.05) is 0 Å². The van der Waals surface area contributed by atoms with Gasteiger partial charge in [0, 0.05) is 5.56 Å². The monoisotopic (exact) mass is 433 g/mol. The van der Waals surface area contributed by atoms with Gasteiger partial charge in [0.1, 0.15) is 5.75 Å². The zero-order chi connectivity index (χ0) is 20.7. The van der Waals surface area contributed by atoms with E-state index in [9.17, 15) is 21.6 Å². The SMILES string of the molecule is COc1cc(-c2nc(C(F)(F)F)nn2-c2ccc(S(N)(=O)=O)nc2)ccc1Cl. The molecule has 0 aliphatic rings. The highest BCUT2D eigenvalue weighted by Gasteiger charge is 2.37. The molecule has 0 unspecified atom stereocenters. The van der Waals surface area contributed by atoms with Crippen molar-refractivity contribution in [3.05, 3.63) is 47.4 Å². The molecule has 2 N–H and O–H groups in total. The predicted octanol–water partition coefficient (Wildman–Crippen LogP) is 2.66. The molecule has 3 aromatic rings. The molecule has 13 heteroatoms. The maximum absolute atomic E-state index is 13.1. The number of halogens is 4. The first-order valence-corrected chi connectivity index (χ1v) is 9.30. The summed E-state index contributed by atoms with van der Waals surface area (Å²) in [5.74, 6) is -1.33. The maximum atomic E-state index is 13.1. The van der Waals surface area contributed by atoms with Crippen molar-refractivity contribution in [1.82, 2.24) is 19.7 Å². The molecule has 0 amide bonds. The lowest BCUT2D eigenvalue weighted by Crippen LogP contribution is -2.14. The fourth-order valence-electron chi connectivity index (χ4n) is 2.26. The molecule has 0 saturated heterocycles. The van der Waals surface area contributed by atoms with Crippen molar-refractivity contribution < 1.29 is 26.3 Å². The van der Waals surface area contributed by atoms with Gasteiger partial charge in [0.2, 0.25) is 0 Å². The van der Waals surface area contributed by atoms with Crippen LogP contribution in [-0.4, -0.2) is 35.3 Å². The van der Waals surface area contributed by atoms with Crippen LogP contribution in [0.2, 0.25) is 5.02 Å². The Morgan fingerprint density at radius 2 is 1.93 bits per heavy atom. The Labute approximate surface area is 161 Å². The van der Waals surface area contributed by atoms with Crippen LogP contribution in [0.15, 0.2) is 41.6 Å². The molecule has 8 nitrogen and oxygen atoms in total. The number of nitrogens with zero attached hydrogens (tertiary/aromatic N) is 4. The number of hydrogen-bond donors (Lipinski definition) is 1. The van der Waals surface area contributed by atoms with Crippen molar-refractivity contribution in [3.63, 3.8) is 0 Å². The number of hydrogen-bond acceptors (Lipinski definition) is 6. The van der Waals surface area contributed by atoms with Gasteiger partial charge in [-0.2, -0.15) is 13.2 Å². The van der Waals surface area contributed by atoms with Crippen molar-refractivity contribution in [2.24, 2.45) is 5.14 Å². The highest BCUT2D eigenvalue weighted by Crippen LogP contribution is 2.33. The lowest BCUT2D eigenvalue weighted by Gasteiger charge is -2.08. The maximum Gasteiger partial charge on any atom is 0.453 e. The number of alkyl halides is 3. The van der Waals surface area contributed by atoms with Crippen molar-refractivity contribution >= 4 is 21.6 Å². The molecule has 148 valence electrons. The quantitative estimate of drug-likeness (QED) is 0.676. The minimum atomic E-state index is -4.80. The van der Waals surface area contributed by atoms with Crippen molar-refractivity contribution in [2.75, 3.05) is 7.11 Å². The van der Waals surface area contributed by atoms with Crippen LogP contribution >= 0.6 is 11.6 Å². The summed E-state index contributed by atoms with van der Waals surface area (Å²) >= 11 is 5.95. The van der Waals surface area contributed by atoms with Gasteiger partial charge in [0.25, 0.3) is 15.8 Å². The molecule has 0 aliphatic carbocycles. The number of ether oxygens (including phenoxy) is 1. The third kappa shape index (κ3) is 3.93. The Morgan fingerprint density at radius 1 is 1.21 bits per heavy atom. The fraction of sp³-hybridized carbons (Fsp3) is 0.133. The van der Waals surface area contributed by atoms with E-state index >= 15 is 0 Å². The van der Waals surface area contributed by atoms with Gasteiger partial charge in [-0.3, -0.25) is 0 Å². The van der Waals surface area contributed by atoms with E-state index in [0.717, 1.165) is 16.9 Å². The average molecular weight is 434 g/mol. The molecular formula is C15H11ClF3N5O3S. The standard InChI is InChI=1S/C15H11ClF3N5O3S/c1-27-11-6-8(2-4-10(11)16)13-22-14(15(17,18)19)23-24(13)9-3-5-12(21-7-9)28(20,25)26/h2-7H,1H3,(H2,20,25,26). The van der Waals surface area contributed by atoms with E-state index in [0.29, 0.717) is 0 Å². The number of primary sulfonamides is 1. The van der Waals surface area contributed by atoms with E-state index in [2.05, 4.69) is 15.1 Å². The molecule has 0 saturated carbocycles. The number of methoxy groups -OCH3 is 1. The van der Waals surface area contributed by atoms with Crippen molar-refractivity contribution in [3.8, 4) is 22.8 Å². The summed E-state index contributed by atoms with van der Waals surface area (Å²) in [6, 6.07) is 6.53. The zero-order valence-electron chi connectivity index (χ0n) is 14.0. The molecule has 0 fully saturated rings. The Bertz CT molecular complexity index is 1130. The minimum Gasteiger partial charge on any atom is -0.495 e. The average Bonchev–Trinajstić information content (AvgIpc) is 3.07. The van der Waals surface area contributed by atoms with Crippen LogP contribution in [0, 0.1) is 0 Å². The summed E-state index contributed by atoms with van der Waals surface area (Å²) in [5.41, 5.74) is 0.277. The third-order valence-electron chi connectivity index (χ3n) is 3.53. The summed E-state index contributed by atoms with van der Waals surface area (Å²) in [5, 5.41) is 8.27. The summed E-state index contributed by atoms with van der Waals surface area (Å²) in [4.78, 5) is 7.21. The number of nitrogens with two attached hydrogens (primary N) is 1. The first-order chi connectivity index (χ1) is 13.0. The van der Waals surface area contributed by atoms with Gasteiger partial charge >= 0.3 is 6.18 Å². The second kappa shape index (κ2) is 7.04. The van der Waals surface area contributed by atoms with Gasteiger partial charge < -0.3 is 4.74 Å². The normalized spacial score (nSPS) is 12.2. The van der Waals surface area contributed by atoms with Crippen LogP contribution in [0.1, 0.15) is 5.82 Å². The molecule has 0 spiro atoms. The summed E-state index contributed by atoms with van der Waals surface area (Å²) < 4.78 is 68.0. The van der Waals surface area contributed by atoms with Gasteiger partial charge in [0.15, 0.2) is 10.9 Å². The number of aromatic nitrogens is 4. The second-order valence-corrected chi connectivity index (χ2v) is 7.33. The Balaban J connectivity index is 2.19. The van der Waals surface area contributed by atoms with E-state index in [4.69, 9.17) is 21.5 Å². The zero-order valence-corrected chi connectivity index (χ0v) is 15.5. The molecule has 0 bridgehead atoms. The van der Waals surface area contributed by atoms with E-state index in [1.54, 1.807) is 0 Å². The molecule has 2 aromatic heterocycles. The first kappa shape index (κ1) is 20.0. The predicted molar refractivity (Wildman–Crippen MR) is 92.5 cm³/mol. The largest absolute Gasteiger partial charge is 0.495 e. The molecule has 3 rings (SSSR count). The number of benzene rings is 1. The Kier molecular flexibility index (Phi) is 5.04. The number of sulfonamides is 1. The lowest BCUT2D eigenvalue weighted by atomic mass is 10.2. The molecule has 0 aliphatic heterocycles. The summed E-state index contributed by atoms with van der Waals surface area (Å²) in [7, 11) is -2.71. The molecule has 0 radical (unpaired) electrons. The van der Waals surface area contributed by atoms with Crippen LogP contribution < -0.4 is 9.88 Å². The van der Waals surface area contributed by atoms with Gasteiger partial charge in [-0.25, -0.2) is 28.2 Å².